The third-order valence-corrected chi connectivity index (χ3v) is 4.02. The van der Waals surface area contributed by atoms with E-state index in [1.54, 1.807) is 41.4 Å². The summed E-state index contributed by atoms with van der Waals surface area (Å²) < 4.78 is 7.08. The van der Waals surface area contributed by atoms with Crippen LogP contribution in [0.5, 0.6) is 0 Å². The summed E-state index contributed by atoms with van der Waals surface area (Å²) in [5, 5.41) is 4.83. The number of likely N-dealkylation sites (N-methyl/N-ethyl adjacent to an activating group) is 1. The van der Waals surface area contributed by atoms with E-state index < -0.39 is 0 Å². The summed E-state index contributed by atoms with van der Waals surface area (Å²) in [5.74, 6) is 0.635. The summed E-state index contributed by atoms with van der Waals surface area (Å²) in [6, 6.07) is 5.49. The van der Waals surface area contributed by atoms with Crippen LogP contribution in [-0.4, -0.2) is 39.2 Å². The van der Waals surface area contributed by atoms with Crippen molar-refractivity contribution in [2.45, 2.75) is 6.54 Å². The minimum Gasteiger partial charge on any atom is -0.462 e. The van der Waals surface area contributed by atoms with Gasteiger partial charge in [0.1, 0.15) is 4.88 Å². The molecule has 0 bridgehead atoms. The Morgan fingerprint density at radius 3 is 3.10 bits per heavy atom. The Labute approximate surface area is 125 Å². The van der Waals surface area contributed by atoms with Crippen molar-refractivity contribution in [3.8, 4) is 10.8 Å². The molecule has 0 aromatic carbocycles. The normalized spacial score (nSPS) is 10.7. The van der Waals surface area contributed by atoms with Gasteiger partial charge in [-0.05, 0) is 18.2 Å². The molecule has 3 aromatic heterocycles. The first-order valence-corrected chi connectivity index (χ1v) is 7.28. The van der Waals surface area contributed by atoms with Crippen LogP contribution in [0.4, 0.5) is 0 Å². The van der Waals surface area contributed by atoms with Crippen LogP contribution < -0.4 is 0 Å². The van der Waals surface area contributed by atoms with Crippen LogP contribution in [-0.2, 0) is 6.54 Å². The van der Waals surface area contributed by atoms with Crippen LogP contribution in [0.2, 0.25) is 0 Å². The van der Waals surface area contributed by atoms with Gasteiger partial charge in [-0.15, -0.1) is 11.3 Å². The summed E-state index contributed by atoms with van der Waals surface area (Å²) in [6.07, 6.45) is 6.78. The van der Waals surface area contributed by atoms with E-state index in [0.717, 1.165) is 0 Å². The first kappa shape index (κ1) is 13.6. The highest BCUT2D eigenvalue weighted by Crippen LogP contribution is 2.25. The molecular formula is C14H14N4O2S. The van der Waals surface area contributed by atoms with Gasteiger partial charge < -0.3 is 9.32 Å². The molecule has 0 aliphatic carbocycles. The average Bonchev–Trinajstić information content (AvgIpc) is 3.25. The molecule has 0 unspecified atom stereocenters. The van der Waals surface area contributed by atoms with E-state index in [1.165, 1.54) is 11.3 Å². The van der Waals surface area contributed by atoms with Crippen LogP contribution in [0.1, 0.15) is 9.67 Å². The van der Waals surface area contributed by atoms with Gasteiger partial charge in [-0.3, -0.25) is 9.48 Å². The largest absolute Gasteiger partial charge is 0.462 e. The molecule has 0 aliphatic heterocycles. The lowest BCUT2D eigenvalue weighted by atomic mass is 10.4. The van der Waals surface area contributed by atoms with Gasteiger partial charge in [0, 0.05) is 26.0 Å². The van der Waals surface area contributed by atoms with E-state index in [4.69, 9.17) is 4.42 Å². The molecule has 3 heterocycles. The molecule has 0 fully saturated rings. The Kier molecular flexibility index (Phi) is 3.83. The number of nitrogens with zero attached hydrogens (tertiary/aromatic N) is 4. The maximum absolute atomic E-state index is 12.3. The number of hydrogen-bond acceptors (Lipinski definition) is 5. The molecule has 7 heteroatoms. The summed E-state index contributed by atoms with van der Waals surface area (Å²) in [5.41, 5.74) is 0. The van der Waals surface area contributed by atoms with Crippen molar-refractivity contribution in [1.82, 2.24) is 19.7 Å². The van der Waals surface area contributed by atoms with E-state index in [0.29, 0.717) is 28.7 Å². The molecule has 3 aromatic rings. The fourth-order valence-corrected chi connectivity index (χ4v) is 2.74. The molecule has 0 saturated carbocycles. The van der Waals surface area contributed by atoms with Gasteiger partial charge in [0.25, 0.3) is 5.91 Å². The van der Waals surface area contributed by atoms with Crippen molar-refractivity contribution in [2.24, 2.45) is 0 Å². The van der Waals surface area contributed by atoms with Gasteiger partial charge in [0.2, 0.25) is 0 Å². The van der Waals surface area contributed by atoms with Gasteiger partial charge in [0.05, 0.1) is 19.0 Å². The molecule has 108 valence electrons. The number of aromatic nitrogens is 3. The Hall–Kier alpha value is -2.41. The molecule has 21 heavy (non-hydrogen) atoms. The van der Waals surface area contributed by atoms with Crippen molar-refractivity contribution in [1.29, 1.82) is 0 Å². The lowest BCUT2D eigenvalue weighted by molar-refractivity contribution is 0.0793. The number of thiazole rings is 1. The van der Waals surface area contributed by atoms with Gasteiger partial charge in [-0.25, -0.2) is 4.98 Å². The molecule has 0 saturated heterocycles. The Balaban J connectivity index is 1.64. The molecular weight excluding hydrogens is 288 g/mol. The first-order chi connectivity index (χ1) is 10.2. The minimum absolute atomic E-state index is 0.0440. The second-order valence-electron chi connectivity index (χ2n) is 4.50. The van der Waals surface area contributed by atoms with Gasteiger partial charge >= 0.3 is 0 Å². The number of amides is 1. The number of rotatable bonds is 5. The van der Waals surface area contributed by atoms with E-state index in [-0.39, 0.29) is 5.91 Å². The van der Waals surface area contributed by atoms with Crippen molar-refractivity contribution >= 4 is 17.2 Å². The molecule has 0 aliphatic rings. The highest BCUT2D eigenvalue weighted by Gasteiger charge is 2.16. The zero-order valence-electron chi connectivity index (χ0n) is 11.5. The summed E-state index contributed by atoms with van der Waals surface area (Å²) in [6.45, 7) is 1.26. The first-order valence-electron chi connectivity index (χ1n) is 6.46. The van der Waals surface area contributed by atoms with Crippen molar-refractivity contribution < 1.29 is 9.21 Å². The van der Waals surface area contributed by atoms with Crippen LogP contribution in [0.3, 0.4) is 0 Å². The Bertz CT molecular complexity index is 703. The lowest BCUT2D eigenvalue weighted by Crippen LogP contribution is -2.29. The molecule has 3 rings (SSSR count). The fraction of sp³-hybridized carbons (Fsp3) is 0.214. The van der Waals surface area contributed by atoms with Gasteiger partial charge in [0.15, 0.2) is 10.8 Å². The second-order valence-corrected chi connectivity index (χ2v) is 5.53. The van der Waals surface area contributed by atoms with Crippen LogP contribution in [0.15, 0.2) is 47.5 Å². The minimum atomic E-state index is -0.0440. The molecule has 1 amide bonds. The zero-order valence-corrected chi connectivity index (χ0v) is 12.3. The molecule has 0 spiro atoms. The van der Waals surface area contributed by atoms with Crippen LogP contribution in [0, 0.1) is 0 Å². The van der Waals surface area contributed by atoms with Gasteiger partial charge in [-0.2, -0.15) is 5.10 Å². The summed E-state index contributed by atoms with van der Waals surface area (Å²) >= 11 is 1.33. The zero-order chi connectivity index (χ0) is 14.7. The molecule has 6 nitrogen and oxygen atoms in total. The fourth-order valence-electron chi connectivity index (χ4n) is 1.86. The highest BCUT2D eigenvalue weighted by atomic mass is 32.1. The number of carbonyl (C=O) groups is 1. The summed E-state index contributed by atoms with van der Waals surface area (Å²) in [7, 11) is 1.78. The van der Waals surface area contributed by atoms with Crippen molar-refractivity contribution in [3.05, 3.63) is 47.9 Å². The molecule has 0 radical (unpaired) electrons. The highest BCUT2D eigenvalue weighted by molar-refractivity contribution is 7.16. The topological polar surface area (TPSA) is 64.2 Å². The van der Waals surface area contributed by atoms with Crippen molar-refractivity contribution in [3.63, 3.8) is 0 Å². The predicted octanol–water partition coefficient (Wildman–Crippen LogP) is 2.37. The maximum Gasteiger partial charge on any atom is 0.265 e. The standard InChI is InChI=1S/C14H14N4O2S/c1-17(7-8-18-6-3-5-16-18)14(19)12-10-15-13(21-12)11-4-2-9-20-11/h2-6,9-10H,7-8H2,1H3. The molecule has 0 atom stereocenters. The van der Waals surface area contributed by atoms with E-state index >= 15 is 0 Å². The Morgan fingerprint density at radius 1 is 1.48 bits per heavy atom. The average molecular weight is 302 g/mol. The number of furan rings is 1. The summed E-state index contributed by atoms with van der Waals surface area (Å²) in [4.78, 5) is 18.8. The van der Waals surface area contributed by atoms with Crippen molar-refractivity contribution in [2.75, 3.05) is 13.6 Å². The van der Waals surface area contributed by atoms with E-state index in [2.05, 4.69) is 10.1 Å². The number of hydrogen-bond donors (Lipinski definition) is 0. The third-order valence-electron chi connectivity index (χ3n) is 3.02. The van der Waals surface area contributed by atoms with Crippen LogP contribution >= 0.6 is 11.3 Å². The molecule has 0 N–H and O–H groups in total. The smallest absolute Gasteiger partial charge is 0.265 e. The maximum atomic E-state index is 12.3. The Morgan fingerprint density at radius 2 is 2.38 bits per heavy atom. The second kappa shape index (κ2) is 5.92. The lowest BCUT2D eigenvalue weighted by Gasteiger charge is -2.15. The SMILES string of the molecule is CN(CCn1cccn1)C(=O)c1cnc(-c2ccco2)s1. The van der Waals surface area contributed by atoms with E-state index in [9.17, 15) is 4.79 Å². The van der Waals surface area contributed by atoms with Crippen LogP contribution in [0.25, 0.3) is 10.8 Å². The van der Waals surface area contributed by atoms with Gasteiger partial charge in [-0.1, -0.05) is 0 Å². The number of carbonyl (C=O) groups excluding carboxylic acids is 1. The third kappa shape index (κ3) is 3.03. The quantitative estimate of drug-likeness (QED) is 0.726. The van der Waals surface area contributed by atoms with E-state index in [1.807, 2.05) is 18.3 Å². The monoisotopic (exact) mass is 302 g/mol. The predicted molar refractivity (Wildman–Crippen MR) is 79.0 cm³/mol.